The summed E-state index contributed by atoms with van der Waals surface area (Å²) in [6.07, 6.45) is 2.64. The van der Waals surface area contributed by atoms with Crippen LogP contribution in [0.25, 0.3) is 0 Å². The molecule has 1 aromatic heterocycles. The highest BCUT2D eigenvalue weighted by Gasteiger charge is 2.09. The quantitative estimate of drug-likeness (QED) is 0.752. The van der Waals surface area contributed by atoms with E-state index in [0.717, 1.165) is 17.7 Å². The number of amides is 1. The predicted octanol–water partition coefficient (Wildman–Crippen LogP) is 4.06. The number of carbonyl (C=O) groups is 1. The zero-order valence-corrected chi connectivity index (χ0v) is 13.3. The van der Waals surface area contributed by atoms with Crippen molar-refractivity contribution in [3.63, 3.8) is 0 Å². The maximum Gasteiger partial charge on any atom is 0.258 e. The van der Waals surface area contributed by atoms with E-state index in [1.165, 1.54) is 18.5 Å². The second-order valence-corrected chi connectivity index (χ2v) is 5.36. The number of benzene rings is 2. The minimum absolute atomic E-state index is 0.0401. The van der Waals surface area contributed by atoms with Gasteiger partial charge in [-0.2, -0.15) is 0 Å². The molecular weight excluding hydrogens is 326 g/mol. The van der Waals surface area contributed by atoms with E-state index >= 15 is 0 Å². The van der Waals surface area contributed by atoms with Crippen molar-refractivity contribution in [2.75, 3.05) is 10.6 Å². The fraction of sp³-hybridized carbons (Fsp3) is 0.0556. The van der Waals surface area contributed by atoms with E-state index < -0.39 is 11.6 Å². The van der Waals surface area contributed by atoms with E-state index in [1.807, 2.05) is 19.1 Å². The van der Waals surface area contributed by atoms with E-state index in [2.05, 4.69) is 20.6 Å². The summed E-state index contributed by atoms with van der Waals surface area (Å²) in [4.78, 5) is 20.1. The first-order chi connectivity index (χ1) is 12.0. The Morgan fingerprint density at radius 2 is 1.68 bits per heavy atom. The minimum Gasteiger partial charge on any atom is -0.322 e. The first-order valence-electron chi connectivity index (χ1n) is 7.43. The topological polar surface area (TPSA) is 66.9 Å². The lowest BCUT2D eigenvalue weighted by Crippen LogP contribution is -2.13. The molecule has 1 amide bonds. The fourth-order valence-corrected chi connectivity index (χ4v) is 2.06. The van der Waals surface area contributed by atoms with Crippen LogP contribution in [0.1, 0.15) is 15.9 Å². The van der Waals surface area contributed by atoms with Gasteiger partial charge in [0.1, 0.15) is 11.6 Å². The highest BCUT2D eigenvalue weighted by atomic mass is 19.1. The number of nitrogens with one attached hydrogen (secondary N) is 2. The molecule has 3 aromatic rings. The van der Waals surface area contributed by atoms with E-state index in [9.17, 15) is 13.6 Å². The van der Waals surface area contributed by atoms with E-state index in [1.54, 1.807) is 12.1 Å². The van der Waals surface area contributed by atoms with Crippen LogP contribution < -0.4 is 10.6 Å². The molecule has 0 aliphatic heterocycles. The smallest absolute Gasteiger partial charge is 0.258 e. The molecule has 2 aromatic carbocycles. The lowest BCUT2D eigenvalue weighted by atomic mass is 10.2. The Hall–Kier alpha value is -3.35. The van der Waals surface area contributed by atoms with E-state index in [-0.39, 0.29) is 23.1 Å². The van der Waals surface area contributed by atoms with Crippen LogP contribution in [0.4, 0.5) is 26.1 Å². The van der Waals surface area contributed by atoms with Crippen molar-refractivity contribution in [2.24, 2.45) is 0 Å². The Labute approximate surface area is 142 Å². The second kappa shape index (κ2) is 7.04. The van der Waals surface area contributed by atoms with Crippen molar-refractivity contribution in [2.45, 2.75) is 6.92 Å². The Morgan fingerprint density at radius 3 is 2.32 bits per heavy atom. The van der Waals surface area contributed by atoms with Gasteiger partial charge in [-0.15, -0.1) is 0 Å². The van der Waals surface area contributed by atoms with Gasteiger partial charge in [0.25, 0.3) is 5.91 Å². The largest absolute Gasteiger partial charge is 0.322 e. The van der Waals surface area contributed by atoms with Crippen LogP contribution in [0.3, 0.4) is 0 Å². The summed E-state index contributed by atoms with van der Waals surface area (Å²) < 4.78 is 26.5. The molecule has 1 heterocycles. The Balaban J connectivity index is 1.69. The number of anilines is 3. The van der Waals surface area contributed by atoms with Gasteiger partial charge in [0, 0.05) is 24.1 Å². The normalized spacial score (nSPS) is 10.4. The SMILES string of the molecule is Cc1ccc(NC(=O)c2cnc(Nc3ccc(F)cc3F)nc2)cc1. The number of aryl methyl sites for hydroxylation is 1. The molecule has 0 atom stereocenters. The minimum atomic E-state index is -0.759. The summed E-state index contributed by atoms with van der Waals surface area (Å²) in [6.45, 7) is 1.95. The average Bonchev–Trinajstić information content (AvgIpc) is 2.60. The summed E-state index contributed by atoms with van der Waals surface area (Å²) in [5.41, 5.74) is 2.04. The van der Waals surface area contributed by atoms with Gasteiger partial charge in [0.15, 0.2) is 0 Å². The molecule has 126 valence electrons. The van der Waals surface area contributed by atoms with Gasteiger partial charge in [-0.25, -0.2) is 18.7 Å². The van der Waals surface area contributed by atoms with Crippen LogP contribution in [0, 0.1) is 18.6 Å². The van der Waals surface area contributed by atoms with Crippen LogP contribution in [0.5, 0.6) is 0 Å². The number of hydrogen-bond acceptors (Lipinski definition) is 4. The molecule has 0 saturated carbocycles. The molecule has 2 N–H and O–H groups in total. The number of carbonyl (C=O) groups excluding carboxylic acids is 1. The summed E-state index contributed by atoms with van der Waals surface area (Å²) in [7, 11) is 0. The number of halogens is 2. The van der Waals surface area contributed by atoms with E-state index in [0.29, 0.717) is 5.69 Å². The Kier molecular flexibility index (Phi) is 4.65. The van der Waals surface area contributed by atoms with Gasteiger partial charge < -0.3 is 10.6 Å². The standard InChI is InChI=1S/C18H14F2N4O/c1-11-2-5-14(6-3-11)23-17(25)12-9-21-18(22-10-12)24-16-7-4-13(19)8-15(16)20/h2-10H,1H3,(H,23,25)(H,21,22,24). The van der Waals surface area contributed by atoms with Gasteiger partial charge in [-0.3, -0.25) is 4.79 Å². The molecule has 0 aliphatic carbocycles. The van der Waals surface area contributed by atoms with Crippen molar-refractivity contribution in [1.29, 1.82) is 0 Å². The maximum absolute atomic E-state index is 13.6. The van der Waals surface area contributed by atoms with Crippen LogP contribution in [0.15, 0.2) is 54.9 Å². The third-order valence-electron chi connectivity index (χ3n) is 3.40. The van der Waals surface area contributed by atoms with Crippen LogP contribution >= 0.6 is 0 Å². The third kappa shape index (κ3) is 4.14. The first-order valence-corrected chi connectivity index (χ1v) is 7.43. The molecule has 0 bridgehead atoms. The lowest BCUT2D eigenvalue weighted by molar-refractivity contribution is 0.102. The second-order valence-electron chi connectivity index (χ2n) is 5.36. The number of rotatable bonds is 4. The summed E-state index contributed by atoms with van der Waals surface area (Å²) in [5.74, 6) is -1.70. The first kappa shape index (κ1) is 16.5. The summed E-state index contributed by atoms with van der Waals surface area (Å²) in [6, 6.07) is 10.5. The van der Waals surface area contributed by atoms with Gasteiger partial charge in [-0.1, -0.05) is 17.7 Å². The lowest BCUT2D eigenvalue weighted by Gasteiger charge is -2.07. The molecule has 0 spiro atoms. The van der Waals surface area contributed by atoms with Gasteiger partial charge >= 0.3 is 0 Å². The zero-order chi connectivity index (χ0) is 17.8. The monoisotopic (exact) mass is 340 g/mol. The van der Waals surface area contributed by atoms with Crippen molar-refractivity contribution >= 4 is 23.2 Å². The van der Waals surface area contributed by atoms with Crippen molar-refractivity contribution in [3.05, 3.63) is 77.6 Å². The zero-order valence-electron chi connectivity index (χ0n) is 13.3. The number of nitrogens with zero attached hydrogens (tertiary/aromatic N) is 2. The van der Waals surface area contributed by atoms with Crippen LogP contribution in [0.2, 0.25) is 0 Å². The van der Waals surface area contributed by atoms with Gasteiger partial charge in [0.05, 0.1) is 11.3 Å². The molecule has 7 heteroatoms. The number of aromatic nitrogens is 2. The molecule has 0 aliphatic rings. The highest BCUT2D eigenvalue weighted by molar-refractivity contribution is 6.03. The highest BCUT2D eigenvalue weighted by Crippen LogP contribution is 2.18. The Bertz CT molecular complexity index is 896. The molecule has 0 radical (unpaired) electrons. The van der Waals surface area contributed by atoms with E-state index in [4.69, 9.17) is 0 Å². The fourth-order valence-electron chi connectivity index (χ4n) is 2.06. The van der Waals surface area contributed by atoms with Crippen molar-refractivity contribution in [1.82, 2.24) is 9.97 Å². The summed E-state index contributed by atoms with van der Waals surface area (Å²) >= 11 is 0. The number of hydrogen-bond donors (Lipinski definition) is 2. The molecule has 25 heavy (non-hydrogen) atoms. The third-order valence-corrected chi connectivity index (χ3v) is 3.40. The van der Waals surface area contributed by atoms with Gasteiger partial charge in [-0.05, 0) is 31.2 Å². The Morgan fingerprint density at radius 1 is 1.00 bits per heavy atom. The molecule has 5 nitrogen and oxygen atoms in total. The molecule has 3 rings (SSSR count). The van der Waals surface area contributed by atoms with Crippen LogP contribution in [-0.4, -0.2) is 15.9 Å². The predicted molar refractivity (Wildman–Crippen MR) is 90.8 cm³/mol. The van der Waals surface area contributed by atoms with Crippen molar-refractivity contribution in [3.8, 4) is 0 Å². The average molecular weight is 340 g/mol. The van der Waals surface area contributed by atoms with Crippen molar-refractivity contribution < 1.29 is 13.6 Å². The maximum atomic E-state index is 13.6. The van der Waals surface area contributed by atoms with Gasteiger partial charge in [0.2, 0.25) is 5.95 Å². The molecule has 0 saturated heterocycles. The molecular formula is C18H14F2N4O. The van der Waals surface area contributed by atoms with Crippen LogP contribution in [-0.2, 0) is 0 Å². The molecule has 0 fully saturated rings. The molecule has 0 unspecified atom stereocenters. The summed E-state index contributed by atoms with van der Waals surface area (Å²) in [5, 5.41) is 5.35.